The third-order valence-corrected chi connectivity index (χ3v) is 4.31. The summed E-state index contributed by atoms with van der Waals surface area (Å²) in [4.78, 5) is 15.8. The summed E-state index contributed by atoms with van der Waals surface area (Å²) >= 11 is 0. The Morgan fingerprint density at radius 1 is 1.19 bits per heavy atom. The Bertz CT molecular complexity index is 251. The first-order valence-corrected chi connectivity index (χ1v) is 6.57. The summed E-state index contributed by atoms with van der Waals surface area (Å²) in [5, 5.41) is 0. The minimum absolute atomic E-state index is 0.238. The molecule has 16 heavy (non-hydrogen) atoms. The molecule has 0 N–H and O–H groups in total. The summed E-state index contributed by atoms with van der Waals surface area (Å²) in [5.41, 5.74) is 0. The zero-order valence-electron chi connectivity index (χ0n) is 10.8. The summed E-state index contributed by atoms with van der Waals surface area (Å²) < 4.78 is 0. The number of carbonyl (C=O) groups excluding carboxylic acids is 1. The molecule has 1 amide bonds. The Balaban J connectivity index is 1.73. The maximum Gasteiger partial charge on any atom is 0.219 e. The molecule has 0 aliphatic carbocycles. The molecule has 2 fully saturated rings. The molecule has 2 aliphatic heterocycles. The highest BCUT2D eigenvalue weighted by atomic mass is 16.2. The van der Waals surface area contributed by atoms with Gasteiger partial charge < -0.3 is 4.90 Å². The monoisotopic (exact) mass is 224 g/mol. The van der Waals surface area contributed by atoms with E-state index in [1.54, 1.807) is 6.92 Å². The van der Waals surface area contributed by atoms with E-state index in [0.29, 0.717) is 0 Å². The molecular formula is C13H24N2O. The van der Waals surface area contributed by atoms with Crippen LogP contribution in [0.25, 0.3) is 0 Å². The molecule has 0 aromatic rings. The second kappa shape index (κ2) is 4.74. The van der Waals surface area contributed by atoms with Crippen LogP contribution in [-0.4, -0.2) is 47.9 Å². The van der Waals surface area contributed by atoms with E-state index in [9.17, 15) is 4.79 Å². The molecule has 3 heteroatoms. The molecule has 0 aromatic carbocycles. The predicted molar refractivity (Wildman–Crippen MR) is 65.2 cm³/mol. The summed E-state index contributed by atoms with van der Waals surface area (Å²) in [6.45, 7) is 10.8. The van der Waals surface area contributed by atoms with Gasteiger partial charge >= 0.3 is 0 Å². The molecule has 0 spiro atoms. The fourth-order valence-electron chi connectivity index (χ4n) is 2.81. The van der Waals surface area contributed by atoms with Crippen LogP contribution in [0.1, 0.15) is 33.6 Å². The van der Waals surface area contributed by atoms with Crippen LogP contribution in [0.3, 0.4) is 0 Å². The molecule has 0 atom stereocenters. The van der Waals surface area contributed by atoms with E-state index >= 15 is 0 Å². The van der Waals surface area contributed by atoms with Gasteiger partial charge in [0, 0.05) is 39.1 Å². The topological polar surface area (TPSA) is 23.6 Å². The Kier molecular flexibility index (Phi) is 3.53. The first kappa shape index (κ1) is 11.9. The number of nitrogens with zero attached hydrogens (tertiary/aromatic N) is 2. The SMILES string of the molecule is CC(=O)N1CCC(N2CC(C(C)C)C2)CC1. The van der Waals surface area contributed by atoms with Crippen molar-refractivity contribution in [3.8, 4) is 0 Å². The molecule has 0 radical (unpaired) electrons. The van der Waals surface area contributed by atoms with E-state index in [2.05, 4.69) is 18.7 Å². The van der Waals surface area contributed by atoms with E-state index < -0.39 is 0 Å². The summed E-state index contributed by atoms with van der Waals surface area (Å²) in [6.07, 6.45) is 2.34. The predicted octanol–water partition coefficient (Wildman–Crippen LogP) is 1.59. The van der Waals surface area contributed by atoms with E-state index in [-0.39, 0.29) is 5.91 Å². The van der Waals surface area contributed by atoms with Crippen LogP contribution in [-0.2, 0) is 4.79 Å². The van der Waals surface area contributed by atoms with Crippen molar-refractivity contribution < 1.29 is 4.79 Å². The number of amides is 1. The van der Waals surface area contributed by atoms with Crippen molar-refractivity contribution in [1.29, 1.82) is 0 Å². The number of hydrogen-bond donors (Lipinski definition) is 0. The van der Waals surface area contributed by atoms with Gasteiger partial charge in [-0.2, -0.15) is 0 Å². The van der Waals surface area contributed by atoms with Crippen molar-refractivity contribution in [3.63, 3.8) is 0 Å². The molecule has 2 aliphatic rings. The largest absolute Gasteiger partial charge is 0.343 e. The van der Waals surface area contributed by atoms with Gasteiger partial charge in [0.1, 0.15) is 0 Å². The lowest BCUT2D eigenvalue weighted by molar-refractivity contribution is -0.130. The highest BCUT2D eigenvalue weighted by molar-refractivity contribution is 5.73. The molecule has 0 aromatic heterocycles. The van der Waals surface area contributed by atoms with Crippen molar-refractivity contribution in [2.75, 3.05) is 26.2 Å². The molecule has 2 heterocycles. The molecule has 0 saturated carbocycles. The van der Waals surface area contributed by atoms with Gasteiger partial charge in [0.2, 0.25) is 5.91 Å². The Morgan fingerprint density at radius 3 is 2.19 bits per heavy atom. The van der Waals surface area contributed by atoms with E-state index in [1.165, 1.54) is 25.9 Å². The minimum Gasteiger partial charge on any atom is -0.343 e. The van der Waals surface area contributed by atoms with Crippen LogP contribution in [0.5, 0.6) is 0 Å². The van der Waals surface area contributed by atoms with E-state index in [4.69, 9.17) is 0 Å². The van der Waals surface area contributed by atoms with Gasteiger partial charge in [-0.15, -0.1) is 0 Å². The molecule has 2 rings (SSSR count). The Morgan fingerprint density at radius 2 is 1.75 bits per heavy atom. The van der Waals surface area contributed by atoms with Gasteiger partial charge in [-0.1, -0.05) is 13.8 Å². The van der Waals surface area contributed by atoms with Crippen LogP contribution in [0.15, 0.2) is 0 Å². The highest BCUT2D eigenvalue weighted by Gasteiger charge is 2.35. The number of hydrogen-bond acceptors (Lipinski definition) is 2. The number of rotatable bonds is 2. The first-order chi connectivity index (χ1) is 7.58. The lowest BCUT2D eigenvalue weighted by atomic mass is 9.85. The third kappa shape index (κ3) is 2.40. The van der Waals surface area contributed by atoms with Crippen molar-refractivity contribution in [2.45, 2.75) is 39.7 Å². The maximum absolute atomic E-state index is 11.2. The van der Waals surface area contributed by atoms with Gasteiger partial charge in [0.25, 0.3) is 0 Å². The number of likely N-dealkylation sites (tertiary alicyclic amines) is 2. The zero-order chi connectivity index (χ0) is 11.7. The lowest BCUT2D eigenvalue weighted by Crippen LogP contribution is -2.56. The molecule has 92 valence electrons. The smallest absolute Gasteiger partial charge is 0.219 e. The van der Waals surface area contributed by atoms with Gasteiger partial charge in [-0.25, -0.2) is 0 Å². The highest BCUT2D eigenvalue weighted by Crippen LogP contribution is 2.29. The standard InChI is InChI=1S/C13H24N2O/c1-10(2)12-8-15(9-12)13-4-6-14(7-5-13)11(3)16/h10,12-13H,4-9H2,1-3H3. The van der Waals surface area contributed by atoms with Crippen molar-refractivity contribution in [2.24, 2.45) is 11.8 Å². The van der Waals surface area contributed by atoms with Gasteiger partial charge in [0.15, 0.2) is 0 Å². The van der Waals surface area contributed by atoms with Crippen molar-refractivity contribution in [1.82, 2.24) is 9.80 Å². The summed E-state index contributed by atoms with van der Waals surface area (Å²) in [7, 11) is 0. The Hall–Kier alpha value is -0.570. The number of piperidine rings is 1. The second-order valence-corrected chi connectivity index (χ2v) is 5.70. The van der Waals surface area contributed by atoms with E-state index in [1.807, 2.05) is 4.90 Å². The van der Waals surface area contributed by atoms with Crippen LogP contribution in [0.4, 0.5) is 0 Å². The summed E-state index contributed by atoms with van der Waals surface area (Å²) in [5.74, 6) is 1.97. The lowest BCUT2D eigenvalue weighted by Gasteiger charge is -2.48. The fourth-order valence-corrected chi connectivity index (χ4v) is 2.81. The van der Waals surface area contributed by atoms with Gasteiger partial charge in [-0.05, 0) is 24.7 Å². The Labute approximate surface area is 98.8 Å². The van der Waals surface area contributed by atoms with Gasteiger partial charge in [-0.3, -0.25) is 9.69 Å². The summed E-state index contributed by atoms with van der Waals surface area (Å²) in [6, 6.07) is 0.741. The fraction of sp³-hybridized carbons (Fsp3) is 0.923. The molecule has 3 nitrogen and oxygen atoms in total. The molecule has 0 bridgehead atoms. The van der Waals surface area contributed by atoms with Crippen LogP contribution in [0.2, 0.25) is 0 Å². The van der Waals surface area contributed by atoms with E-state index in [0.717, 1.165) is 31.0 Å². The maximum atomic E-state index is 11.2. The average Bonchev–Trinajstić information content (AvgIpc) is 2.15. The second-order valence-electron chi connectivity index (χ2n) is 5.70. The third-order valence-electron chi connectivity index (χ3n) is 4.31. The normalized spacial score (nSPS) is 24.9. The quantitative estimate of drug-likeness (QED) is 0.711. The van der Waals surface area contributed by atoms with Crippen LogP contribution >= 0.6 is 0 Å². The molecular weight excluding hydrogens is 200 g/mol. The van der Waals surface area contributed by atoms with Crippen LogP contribution < -0.4 is 0 Å². The molecule has 2 saturated heterocycles. The number of carbonyl (C=O) groups is 1. The average molecular weight is 224 g/mol. The minimum atomic E-state index is 0.238. The van der Waals surface area contributed by atoms with Crippen molar-refractivity contribution >= 4 is 5.91 Å². The zero-order valence-corrected chi connectivity index (χ0v) is 10.8. The first-order valence-electron chi connectivity index (χ1n) is 6.57. The molecule has 0 unspecified atom stereocenters. The van der Waals surface area contributed by atoms with Gasteiger partial charge in [0.05, 0.1) is 0 Å². The van der Waals surface area contributed by atoms with Crippen LogP contribution in [0, 0.1) is 11.8 Å². The van der Waals surface area contributed by atoms with Crippen molar-refractivity contribution in [3.05, 3.63) is 0 Å².